The number of likely N-dealkylation sites (tertiary alicyclic amines) is 1. The molecule has 2 fully saturated rings. The minimum Gasteiger partial charge on any atom is -0.369 e. The Labute approximate surface area is 129 Å². The van der Waals surface area contributed by atoms with Crippen LogP contribution in [0.4, 0.5) is 5.69 Å². The smallest absolute Gasteiger partial charge is 0.0396 e. The second kappa shape index (κ2) is 6.80. The summed E-state index contributed by atoms with van der Waals surface area (Å²) in [4.78, 5) is 7.75. The molecule has 2 aliphatic heterocycles. The quantitative estimate of drug-likeness (QED) is 0.843. The molecule has 3 rings (SSSR count). The number of anilines is 1. The maximum atomic E-state index is 2.65. The number of para-hydroxylation sites is 1. The maximum Gasteiger partial charge on any atom is 0.0396 e. The second-order valence-electron chi connectivity index (χ2n) is 6.68. The van der Waals surface area contributed by atoms with Gasteiger partial charge >= 0.3 is 0 Å². The number of hydrogen-bond acceptors (Lipinski definition) is 3. The molecule has 3 nitrogen and oxygen atoms in total. The first-order chi connectivity index (χ1) is 10.2. The van der Waals surface area contributed by atoms with Gasteiger partial charge in [0.25, 0.3) is 0 Å². The molecule has 116 valence electrons. The largest absolute Gasteiger partial charge is 0.369 e. The van der Waals surface area contributed by atoms with Crippen molar-refractivity contribution in [3.8, 4) is 0 Å². The fourth-order valence-corrected chi connectivity index (χ4v) is 3.81. The minimum atomic E-state index is 0.833. The standard InChI is InChI=1S/C18H29N3/c1-16-6-3-4-8-18(16)21-14-12-20(13-15-21)11-9-17-7-5-10-19(17)2/h3-4,6,8,17H,5,7,9-15H2,1-2H3. The zero-order valence-corrected chi connectivity index (χ0v) is 13.6. The van der Waals surface area contributed by atoms with Gasteiger partial charge in [-0.2, -0.15) is 0 Å². The van der Waals surface area contributed by atoms with Crippen LogP contribution in [-0.4, -0.2) is 62.2 Å². The molecule has 0 amide bonds. The van der Waals surface area contributed by atoms with Gasteiger partial charge in [-0.1, -0.05) is 18.2 Å². The zero-order chi connectivity index (χ0) is 14.7. The highest BCUT2D eigenvalue weighted by atomic mass is 15.3. The summed E-state index contributed by atoms with van der Waals surface area (Å²) in [6.45, 7) is 9.56. The first-order valence-electron chi connectivity index (χ1n) is 8.47. The summed E-state index contributed by atoms with van der Waals surface area (Å²) in [5.74, 6) is 0. The Kier molecular flexibility index (Phi) is 4.81. The molecule has 21 heavy (non-hydrogen) atoms. The van der Waals surface area contributed by atoms with Gasteiger partial charge in [0.05, 0.1) is 0 Å². The van der Waals surface area contributed by atoms with E-state index in [1.54, 1.807) is 0 Å². The topological polar surface area (TPSA) is 9.72 Å². The molecule has 0 saturated carbocycles. The Morgan fingerprint density at radius 3 is 2.48 bits per heavy atom. The Balaban J connectivity index is 1.46. The fraction of sp³-hybridized carbons (Fsp3) is 0.667. The highest BCUT2D eigenvalue weighted by Gasteiger charge is 2.23. The average molecular weight is 287 g/mol. The summed E-state index contributed by atoms with van der Waals surface area (Å²) in [6.07, 6.45) is 4.14. The molecule has 0 N–H and O–H groups in total. The van der Waals surface area contributed by atoms with E-state index in [1.807, 2.05) is 0 Å². The van der Waals surface area contributed by atoms with Gasteiger partial charge in [-0.3, -0.25) is 4.90 Å². The fourth-order valence-electron chi connectivity index (χ4n) is 3.81. The summed E-state index contributed by atoms with van der Waals surface area (Å²) in [5, 5.41) is 0. The molecule has 1 atom stereocenters. The molecule has 0 aromatic heterocycles. The molecule has 0 bridgehead atoms. The van der Waals surface area contributed by atoms with Gasteiger partial charge in [-0.15, -0.1) is 0 Å². The van der Waals surface area contributed by atoms with E-state index in [0.717, 1.165) is 6.04 Å². The van der Waals surface area contributed by atoms with E-state index in [4.69, 9.17) is 0 Å². The van der Waals surface area contributed by atoms with E-state index >= 15 is 0 Å². The molecule has 1 aromatic carbocycles. The van der Waals surface area contributed by atoms with Crippen LogP contribution in [0.15, 0.2) is 24.3 Å². The Hall–Kier alpha value is -1.06. The SMILES string of the molecule is Cc1ccccc1N1CCN(CCC2CCCN2C)CC1. The van der Waals surface area contributed by atoms with Gasteiger partial charge in [0.2, 0.25) is 0 Å². The minimum absolute atomic E-state index is 0.833. The maximum absolute atomic E-state index is 2.65. The van der Waals surface area contributed by atoms with Crippen molar-refractivity contribution in [1.82, 2.24) is 9.80 Å². The summed E-state index contributed by atoms with van der Waals surface area (Å²) < 4.78 is 0. The average Bonchev–Trinajstić information content (AvgIpc) is 2.92. The number of benzene rings is 1. The summed E-state index contributed by atoms with van der Waals surface area (Å²) in [5.41, 5.74) is 2.83. The van der Waals surface area contributed by atoms with Crippen molar-refractivity contribution in [3.63, 3.8) is 0 Å². The summed E-state index contributed by atoms with van der Waals surface area (Å²) >= 11 is 0. The molecule has 1 aromatic rings. The predicted molar refractivity (Wildman–Crippen MR) is 90.1 cm³/mol. The van der Waals surface area contributed by atoms with Crippen LogP contribution in [0, 0.1) is 6.92 Å². The van der Waals surface area contributed by atoms with Crippen molar-refractivity contribution in [2.45, 2.75) is 32.2 Å². The number of aryl methyl sites for hydroxylation is 1. The van der Waals surface area contributed by atoms with Crippen molar-refractivity contribution in [1.29, 1.82) is 0 Å². The summed E-state index contributed by atoms with van der Waals surface area (Å²) in [6, 6.07) is 9.60. The molecule has 3 heteroatoms. The van der Waals surface area contributed by atoms with Crippen LogP contribution in [-0.2, 0) is 0 Å². The van der Waals surface area contributed by atoms with Crippen molar-refractivity contribution in [2.24, 2.45) is 0 Å². The lowest BCUT2D eigenvalue weighted by atomic mass is 10.1. The lowest BCUT2D eigenvalue weighted by Crippen LogP contribution is -2.47. The van der Waals surface area contributed by atoms with E-state index in [9.17, 15) is 0 Å². The zero-order valence-electron chi connectivity index (χ0n) is 13.6. The third-order valence-electron chi connectivity index (χ3n) is 5.28. The number of nitrogens with zero attached hydrogens (tertiary/aromatic N) is 3. The predicted octanol–water partition coefficient (Wildman–Crippen LogP) is 2.60. The van der Waals surface area contributed by atoms with Gasteiger partial charge in [0.1, 0.15) is 0 Å². The van der Waals surface area contributed by atoms with E-state index in [0.29, 0.717) is 0 Å². The molecular weight excluding hydrogens is 258 g/mol. The first-order valence-corrected chi connectivity index (χ1v) is 8.47. The molecule has 0 radical (unpaired) electrons. The highest BCUT2D eigenvalue weighted by Crippen LogP contribution is 2.22. The van der Waals surface area contributed by atoms with Crippen LogP contribution >= 0.6 is 0 Å². The monoisotopic (exact) mass is 287 g/mol. The van der Waals surface area contributed by atoms with Gasteiger partial charge in [0, 0.05) is 37.9 Å². The Bertz CT molecular complexity index is 452. The molecule has 0 aliphatic carbocycles. The lowest BCUT2D eigenvalue weighted by molar-refractivity contribution is 0.215. The summed E-state index contributed by atoms with van der Waals surface area (Å²) in [7, 11) is 2.29. The number of rotatable bonds is 4. The Morgan fingerprint density at radius 1 is 1.05 bits per heavy atom. The molecular formula is C18H29N3. The van der Waals surface area contributed by atoms with Crippen molar-refractivity contribution < 1.29 is 0 Å². The Morgan fingerprint density at radius 2 is 1.81 bits per heavy atom. The molecule has 2 heterocycles. The van der Waals surface area contributed by atoms with Gasteiger partial charge in [0.15, 0.2) is 0 Å². The van der Waals surface area contributed by atoms with Gasteiger partial charge in [-0.25, -0.2) is 0 Å². The van der Waals surface area contributed by atoms with Crippen LogP contribution in [0.3, 0.4) is 0 Å². The van der Waals surface area contributed by atoms with Crippen molar-refractivity contribution in [3.05, 3.63) is 29.8 Å². The number of hydrogen-bond donors (Lipinski definition) is 0. The van der Waals surface area contributed by atoms with Crippen molar-refractivity contribution in [2.75, 3.05) is 51.2 Å². The van der Waals surface area contributed by atoms with Crippen LogP contribution < -0.4 is 4.90 Å². The molecule has 1 unspecified atom stereocenters. The lowest BCUT2D eigenvalue weighted by Gasteiger charge is -2.37. The third-order valence-corrected chi connectivity index (χ3v) is 5.28. The first kappa shape index (κ1) is 14.9. The van der Waals surface area contributed by atoms with E-state index in [-0.39, 0.29) is 0 Å². The second-order valence-corrected chi connectivity index (χ2v) is 6.68. The third kappa shape index (κ3) is 3.58. The van der Waals surface area contributed by atoms with E-state index in [1.165, 1.54) is 69.8 Å². The van der Waals surface area contributed by atoms with E-state index in [2.05, 4.69) is 52.9 Å². The van der Waals surface area contributed by atoms with Crippen LogP contribution in [0.5, 0.6) is 0 Å². The van der Waals surface area contributed by atoms with Crippen LogP contribution in [0.2, 0.25) is 0 Å². The van der Waals surface area contributed by atoms with Gasteiger partial charge in [-0.05, 0) is 58.0 Å². The highest BCUT2D eigenvalue weighted by molar-refractivity contribution is 5.53. The van der Waals surface area contributed by atoms with Crippen LogP contribution in [0.1, 0.15) is 24.8 Å². The number of piperazine rings is 1. The van der Waals surface area contributed by atoms with Crippen molar-refractivity contribution >= 4 is 5.69 Å². The normalized spacial score (nSPS) is 24.7. The molecule has 2 saturated heterocycles. The van der Waals surface area contributed by atoms with Crippen LogP contribution in [0.25, 0.3) is 0 Å². The van der Waals surface area contributed by atoms with Gasteiger partial charge < -0.3 is 9.80 Å². The molecule has 0 spiro atoms. The van der Waals surface area contributed by atoms with E-state index < -0.39 is 0 Å². The molecule has 2 aliphatic rings.